The molecular weight excluding hydrogens is 318 g/mol. The summed E-state index contributed by atoms with van der Waals surface area (Å²) in [5, 5.41) is -0.663. The molecule has 0 radical (unpaired) electrons. The van der Waals surface area contributed by atoms with E-state index < -0.39 is 5.24 Å². The van der Waals surface area contributed by atoms with Gasteiger partial charge >= 0.3 is 0 Å². The van der Waals surface area contributed by atoms with Gasteiger partial charge in [-0.25, -0.2) is 0 Å². The van der Waals surface area contributed by atoms with Crippen LogP contribution in [-0.4, -0.2) is 18.6 Å². The fourth-order valence-electron chi connectivity index (χ4n) is 1.05. The molecule has 0 N–H and O–H groups in total. The summed E-state index contributed by atoms with van der Waals surface area (Å²) in [5.74, 6) is 0.357. The third kappa shape index (κ3) is 2.24. The van der Waals surface area contributed by atoms with Crippen molar-refractivity contribution in [3.63, 3.8) is 0 Å². The van der Waals surface area contributed by atoms with Crippen molar-refractivity contribution in [2.45, 2.75) is 0 Å². The molecule has 0 atom stereocenters. The molecule has 0 fully saturated rings. The molecule has 0 bridgehead atoms. The molecule has 0 saturated heterocycles. The number of halogens is 2. The molecule has 0 spiro atoms. The monoisotopic (exact) mass is 324 g/mol. The highest BCUT2D eigenvalue weighted by Gasteiger charge is 2.14. The van der Waals surface area contributed by atoms with Crippen LogP contribution in [0.5, 0.6) is 5.75 Å². The minimum Gasteiger partial charge on any atom is -0.496 e. The van der Waals surface area contributed by atoms with Crippen LogP contribution in [0.3, 0.4) is 0 Å². The summed E-state index contributed by atoms with van der Waals surface area (Å²) in [6.45, 7) is 0. The van der Waals surface area contributed by atoms with Gasteiger partial charge in [-0.05, 0) is 46.3 Å². The lowest BCUT2D eigenvalue weighted by atomic mass is 10.1. The van der Waals surface area contributed by atoms with Gasteiger partial charge in [-0.3, -0.25) is 9.59 Å². The molecule has 1 aromatic carbocycles. The molecule has 5 heteroatoms. The van der Waals surface area contributed by atoms with Crippen LogP contribution < -0.4 is 4.74 Å². The summed E-state index contributed by atoms with van der Waals surface area (Å²) in [6, 6.07) is 3.20. The van der Waals surface area contributed by atoms with E-state index in [9.17, 15) is 9.59 Å². The molecule has 74 valence electrons. The lowest BCUT2D eigenvalue weighted by molar-refractivity contribution is 0.106. The van der Waals surface area contributed by atoms with Crippen molar-refractivity contribution in [2.24, 2.45) is 0 Å². The number of ether oxygens (including phenoxy) is 1. The number of carbonyl (C=O) groups excluding carboxylic acids is 2. The van der Waals surface area contributed by atoms with Crippen molar-refractivity contribution in [2.75, 3.05) is 7.11 Å². The van der Waals surface area contributed by atoms with Crippen molar-refractivity contribution >= 4 is 45.7 Å². The van der Waals surface area contributed by atoms with Crippen LogP contribution in [0.2, 0.25) is 0 Å². The summed E-state index contributed by atoms with van der Waals surface area (Å²) in [6.07, 6.45) is 0.560. The minimum absolute atomic E-state index is 0.172. The van der Waals surface area contributed by atoms with Crippen LogP contribution in [0.15, 0.2) is 12.1 Å². The highest BCUT2D eigenvalue weighted by molar-refractivity contribution is 14.1. The minimum atomic E-state index is -0.663. The SMILES string of the molecule is COc1cc(I)cc(C(=O)Cl)c1C=O. The van der Waals surface area contributed by atoms with Crippen LogP contribution in [-0.2, 0) is 0 Å². The van der Waals surface area contributed by atoms with Crippen molar-refractivity contribution in [3.05, 3.63) is 26.8 Å². The van der Waals surface area contributed by atoms with E-state index in [-0.39, 0.29) is 11.1 Å². The Balaban J connectivity index is 3.46. The average molecular weight is 325 g/mol. The van der Waals surface area contributed by atoms with E-state index in [0.29, 0.717) is 12.0 Å². The molecular formula is C9H6ClIO3. The molecule has 0 aliphatic heterocycles. The second kappa shape index (κ2) is 4.75. The van der Waals surface area contributed by atoms with Crippen molar-refractivity contribution in [1.82, 2.24) is 0 Å². The van der Waals surface area contributed by atoms with Crippen LogP contribution in [0.4, 0.5) is 0 Å². The van der Waals surface area contributed by atoms with Crippen molar-refractivity contribution in [1.29, 1.82) is 0 Å². The number of benzene rings is 1. The Morgan fingerprint density at radius 3 is 2.64 bits per heavy atom. The van der Waals surface area contributed by atoms with E-state index in [2.05, 4.69) is 0 Å². The molecule has 0 aliphatic rings. The molecule has 0 aliphatic carbocycles. The summed E-state index contributed by atoms with van der Waals surface area (Å²) in [5.41, 5.74) is 0.360. The van der Waals surface area contributed by atoms with Gasteiger partial charge < -0.3 is 4.74 Å². The van der Waals surface area contributed by atoms with Crippen LogP contribution >= 0.6 is 34.2 Å². The lowest BCUT2D eigenvalue weighted by Crippen LogP contribution is -2.01. The molecule has 0 saturated carbocycles. The van der Waals surface area contributed by atoms with Gasteiger partial charge in [0.15, 0.2) is 6.29 Å². The largest absolute Gasteiger partial charge is 0.496 e. The second-order valence-corrected chi connectivity index (χ2v) is 4.05. The van der Waals surface area contributed by atoms with Gasteiger partial charge in [0, 0.05) is 9.13 Å². The van der Waals surface area contributed by atoms with E-state index >= 15 is 0 Å². The third-order valence-electron chi connectivity index (χ3n) is 1.66. The average Bonchev–Trinajstić information content (AvgIpc) is 2.16. The Hall–Kier alpha value is -0.620. The zero-order chi connectivity index (χ0) is 10.7. The van der Waals surface area contributed by atoms with Gasteiger partial charge in [0.1, 0.15) is 5.75 Å². The number of hydrogen-bond donors (Lipinski definition) is 0. The first kappa shape index (κ1) is 11.5. The molecule has 0 amide bonds. The Kier molecular flexibility index (Phi) is 3.88. The number of methoxy groups -OCH3 is 1. The van der Waals surface area contributed by atoms with Gasteiger partial charge in [0.2, 0.25) is 0 Å². The topological polar surface area (TPSA) is 43.4 Å². The molecule has 1 rings (SSSR count). The Morgan fingerprint density at radius 2 is 2.21 bits per heavy atom. The number of hydrogen-bond acceptors (Lipinski definition) is 3. The standard InChI is InChI=1S/C9H6ClIO3/c1-14-8-3-5(11)2-6(9(10)13)7(8)4-12/h2-4H,1H3. The van der Waals surface area contributed by atoms with Gasteiger partial charge in [0.05, 0.1) is 12.7 Å². The molecule has 3 nitrogen and oxygen atoms in total. The van der Waals surface area contributed by atoms with Crippen LogP contribution in [0.1, 0.15) is 20.7 Å². The zero-order valence-electron chi connectivity index (χ0n) is 7.21. The maximum Gasteiger partial charge on any atom is 0.253 e. The number of rotatable bonds is 3. The smallest absolute Gasteiger partial charge is 0.253 e. The summed E-state index contributed by atoms with van der Waals surface area (Å²) in [4.78, 5) is 21.7. The summed E-state index contributed by atoms with van der Waals surface area (Å²) < 4.78 is 5.75. The predicted octanol–water partition coefficient (Wildman–Crippen LogP) is 2.49. The maximum atomic E-state index is 11.0. The molecule has 0 heterocycles. The normalized spacial score (nSPS) is 9.64. The van der Waals surface area contributed by atoms with E-state index in [4.69, 9.17) is 16.3 Å². The lowest BCUT2D eigenvalue weighted by Gasteiger charge is -2.07. The van der Waals surface area contributed by atoms with E-state index in [1.165, 1.54) is 7.11 Å². The molecule has 14 heavy (non-hydrogen) atoms. The summed E-state index contributed by atoms with van der Waals surface area (Å²) >= 11 is 7.35. The zero-order valence-corrected chi connectivity index (χ0v) is 10.1. The highest BCUT2D eigenvalue weighted by atomic mass is 127. The van der Waals surface area contributed by atoms with E-state index in [1.807, 2.05) is 22.6 Å². The van der Waals surface area contributed by atoms with Crippen molar-refractivity contribution in [3.8, 4) is 5.75 Å². The number of aldehydes is 1. The molecule has 1 aromatic rings. The third-order valence-corrected chi connectivity index (χ3v) is 2.48. The fourth-order valence-corrected chi connectivity index (χ4v) is 1.80. The van der Waals surface area contributed by atoms with Gasteiger partial charge in [-0.1, -0.05) is 0 Å². The molecule has 0 aromatic heterocycles. The van der Waals surface area contributed by atoms with Gasteiger partial charge in [-0.2, -0.15) is 0 Å². The Bertz CT molecular complexity index is 390. The Morgan fingerprint density at radius 1 is 1.57 bits per heavy atom. The Labute approximate surface area is 99.5 Å². The van der Waals surface area contributed by atoms with E-state index in [0.717, 1.165) is 3.57 Å². The second-order valence-electron chi connectivity index (χ2n) is 2.46. The van der Waals surface area contributed by atoms with Crippen LogP contribution in [0.25, 0.3) is 0 Å². The predicted molar refractivity (Wildman–Crippen MR) is 61.3 cm³/mol. The first-order chi connectivity index (χ1) is 6.60. The van der Waals surface area contributed by atoms with E-state index in [1.54, 1.807) is 12.1 Å². The maximum absolute atomic E-state index is 11.0. The first-order valence-corrected chi connectivity index (χ1v) is 5.08. The first-order valence-electron chi connectivity index (χ1n) is 3.62. The quantitative estimate of drug-likeness (QED) is 0.487. The highest BCUT2D eigenvalue weighted by Crippen LogP contribution is 2.25. The van der Waals surface area contributed by atoms with Crippen molar-refractivity contribution < 1.29 is 14.3 Å². The summed E-state index contributed by atoms with van der Waals surface area (Å²) in [7, 11) is 1.43. The van der Waals surface area contributed by atoms with Gasteiger partial charge in [0.25, 0.3) is 5.24 Å². The van der Waals surface area contributed by atoms with Gasteiger partial charge in [-0.15, -0.1) is 0 Å². The fraction of sp³-hybridized carbons (Fsp3) is 0.111. The number of carbonyl (C=O) groups is 2. The van der Waals surface area contributed by atoms with Crippen LogP contribution in [0, 0.1) is 3.57 Å². The molecule has 0 unspecified atom stereocenters.